The molecule has 0 radical (unpaired) electrons. The van der Waals surface area contributed by atoms with Crippen LogP contribution in [0, 0.1) is 0 Å². The molecule has 12 heteroatoms. The van der Waals surface area contributed by atoms with Gasteiger partial charge in [-0.25, -0.2) is 9.78 Å². The number of ether oxygens (including phenoxy) is 1. The second-order valence-electron chi connectivity index (χ2n) is 14.5. The molecule has 11 nitrogen and oxygen atoms in total. The van der Waals surface area contributed by atoms with Crippen LogP contribution < -0.4 is 31.5 Å². The van der Waals surface area contributed by atoms with Gasteiger partial charge in [0.1, 0.15) is 16.8 Å². The molecule has 1 atom stereocenters. The summed E-state index contributed by atoms with van der Waals surface area (Å²) in [7, 11) is -1.09. The van der Waals surface area contributed by atoms with Crippen molar-refractivity contribution in [3.63, 3.8) is 0 Å². The van der Waals surface area contributed by atoms with E-state index in [1.54, 1.807) is 13.3 Å². The Morgan fingerprint density at radius 2 is 1.61 bits per heavy atom. The van der Waals surface area contributed by atoms with Gasteiger partial charge in [0.2, 0.25) is 5.95 Å². The predicted octanol–water partition coefficient (Wildman–Crippen LogP) is 6.71. The van der Waals surface area contributed by atoms with Gasteiger partial charge in [-0.2, -0.15) is 10.1 Å². The molecule has 0 spiro atoms. The van der Waals surface area contributed by atoms with Gasteiger partial charge < -0.3 is 25.3 Å². The van der Waals surface area contributed by atoms with Crippen LogP contribution in [0.15, 0.2) is 85.1 Å². The Bertz CT molecular complexity index is 1880. The highest BCUT2D eigenvalue weighted by molar-refractivity contribution is 6.99. The normalized spacial score (nSPS) is 12.9. The summed E-state index contributed by atoms with van der Waals surface area (Å²) in [6.07, 6.45) is 2.84. The van der Waals surface area contributed by atoms with Gasteiger partial charge in [0.05, 0.1) is 19.9 Å². The summed E-state index contributed by atoms with van der Waals surface area (Å²) in [5, 5.41) is 22.5. The third kappa shape index (κ3) is 8.41. The standard InChI is InChI=1S/C39H51N7O4Si/c1-8-15-29(22-23-50-51(38(2,3)4,30-16-11-9-12-17-30)31-18-13-10-14-19-31)42-35-34-32(43-36(44-35)45-37(47)48)25-41-46(34)26-27-20-21-28(39(5,6)40)24-33(27)49-7/h9-14,16-21,24-25,29H,8,15,22-23,26,40H2,1-7H3,(H,47,48)(H2,42,43,44,45)/t29-/m0/s1. The van der Waals surface area contributed by atoms with Crippen LogP contribution in [0.25, 0.3) is 11.0 Å². The van der Waals surface area contributed by atoms with Crippen molar-refractivity contribution < 1.29 is 19.1 Å². The van der Waals surface area contributed by atoms with Crippen molar-refractivity contribution in [2.45, 2.75) is 84.0 Å². The van der Waals surface area contributed by atoms with Crippen molar-refractivity contribution >= 4 is 47.6 Å². The van der Waals surface area contributed by atoms with Gasteiger partial charge >= 0.3 is 6.09 Å². The molecule has 2 heterocycles. The third-order valence-corrected chi connectivity index (χ3v) is 14.3. The molecule has 0 saturated heterocycles. The van der Waals surface area contributed by atoms with Crippen molar-refractivity contribution in [2.75, 3.05) is 24.4 Å². The minimum absolute atomic E-state index is 0.0250. The first-order valence-electron chi connectivity index (χ1n) is 17.5. The lowest BCUT2D eigenvalue weighted by molar-refractivity contribution is 0.209. The van der Waals surface area contributed by atoms with Crippen LogP contribution in [-0.2, 0) is 16.5 Å². The van der Waals surface area contributed by atoms with E-state index in [0.717, 1.165) is 24.0 Å². The molecule has 51 heavy (non-hydrogen) atoms. The lowest BCUT2D eigenvalue weighted by atomic mass is 9.94. The van der Waals surface area contributed by atoms with E-state index in [2.05, 4.69) is 102 Å². The number of rotatable bonds is 15. The Balaban J connectivity index is 1.49. The lowest BCUT2D eigenvalue weighted by Crippen LogP contribution is -2.66. The number of carbonyl (C=O) groups is 1. The summed E-state index contributed by atoms with van der Waals surface area (Å²) in [4.78, 5) is 20.8. The molecular formula is C39H51N7O4Si. The Labute approximate surface area is 301 Å². The number of nitrogens with zero attached hydrogens (tertiary/aromatic N) is 4. The van der Waals surface area contributed by atoms with E-state index in [9.17, 15) is 9.90 Å². The second kappa shape index (κ2) is 15.6. The number of nitrogens with two attached hydrogens (primary N) is 1. The quantitative estimate of drug-likeness (QED) is 0.0870. The van der Waals surface area contributed by atoms with Crippen LogP contribution in [0.4, 0.5) is 16.6 Å². The minimum atomic E-state index is -2.73. The van der Waals surface area contributed by atoms with Crippen LogP contribution in [0.3, 0.4) is 0 Å². The Hall–Kier alpha value is -4.78. The highest BCUT2D eigenvalue weighted by atomic mass is 28.4. The van der Waals surface area contributed by atoms with Gasteiger partial charge in [0.15, 0.2) is 5.82 Å². The number of carboxylic acid groups (broad SMARTS) is 1. The molecule has 0 aliphatic heterocycles. The van der Waals surface area contributed by atoms with Crippen molar-refractivity contribution in [1.29, 1.82) is 0 Å². The summed E-state index contributed by atoms with van der Waals surface area (Å²) in [5.41, 5.74) is 8.85. The fourth-order valence-corrected chi connectivity index (χ4v) is 11.3. The van der Waals surface area contributed by atoms with Crippen LogP contribution in [0.5, 0.6) is 5.75 Å². The molecule has 3 aromatic carbocycles. The topological polar surface area (TPSA) is 149 Å². The number of nitrogens with one attached hydrogen (secondary N) is 2. The van der Waals surface area contributed by atoms with E-state index in [1.165, 1.54) is 10.4 Å². The second-order valence-corrected chi connectivity index (χ2v) is 18.8. The number of hydrogen-bond donors (Lipinski definition) is 4. The maximum Gasteiger partial charge on any atom is 0.411 e. The molecule has 0 unspecified atom stereocenters. The van der Waals surface area contributed by atoms with Crippen LogP contribution in [0.1, 0.15) is 71.9 Å². The van der Waals surface area contributed by atoms with E-state index in [0.29, 0.717) is 42.2 Å². The van der Waals surface area contributed by atoms with Crippen molar-refractivity contribution in [3.05, 3.63) is 96.2 Å². The Morgan fingerprint density at radius 3 is 2.16 bits per heavy atom. The summed E-state index contributed by atoms with van der Waals surface area (Å²) >= 11 is 0. The number of amides is 1. The summed E-state index contributed by atoms with van der Waals surface area (Å²) in [6, 6.07) is 27.1. The molecule has 5 rings (SSSR count). The van der Waals surface area contributed by atoms with Gasteiger partial charge in [-0.15, -0.1) is 0 Å². The number of anilines is 2. The monoisotopic (exact) mass is 709 g/mol. The molecule has 0 saturated carbocycles. The van der Waals surface area contributed by atoms with Gasteiger partial charge in [-0.05, 0) is 53.7 Å². The Kier molecular flexibility index (Phi) is 11.5. The number of fused-ring (bicyclic) bond motifs is 1. The molecule has 0 aliphatic rings. The van der Waals surface area contributed by atoms with Crippen LogP contribution in [-0.4, -0.2) is 59.0 Å². The zero-order valence-corrected chi connectivity index (χ0v) is 31.7. The lowest BCUT2D eigenvalue weighted by Gasteiger charge is -2.43. The molecule has 0 bridgehead atoms. The third-order valence-electron chi connectivity index (χ3n) is 9.24. The summed E-state index contributed by atoms with van der Waals surface area (Å²) in [5.74, 6) is 1.16. The highest BCUT2D eigenvalue weighted by Gasteiger charge is 2.50. The zero-order chi connectivity index (χ0) is 36.8. The van der Waals surface area contributed by atoms with E-state index in [1.807, 2.05) is 48.9 Å². The van der Waals surface area contributed by atoms with Gasteiger partial charge in [0, 0.05) is 23.8 Å². The Morgan fingerprint density at radius 1 is 0.961 bits per heavy atom. The molecule has 5 N–H and O–H groups in total. The average Bonchev–Trinajstić information content (AvgIpc) is 3.49. The predicted molar refractivity (Wildman–Crippen MR) is 207 cm³/mol. The van der Waals surface area contributed by atoms with E-state index in [4.69, 9.17) is 14.9 Å². The first-order valence-corrected chi connectivity index (χ1v) is 19.4. The van der Waals surface area contributed by atoms with Crippen LogP contribution >= 0.6 is 0 Å². The van der Waals surface area contributed by atoms with Gasteiger partial charge in [-0.3, -0.25) is 10.00 Å². The van der Waals surface area contributed by atoms with Crippen LogP contribution in [0.2, 0.25) is 5.04 Å². The van der Waals surface area contributed by atoms with E-state index in [-0.39, 0.29) is 17.0 Å². The first kappa shape index (κ1) is 37.5. The molecule has 5 aromatic rings. The molecule has 270 valence electrons. The molecule has 1 amide bonds. The zero-order valence-electron chi connectivity index (χ0n) is 30.7. The number of benzene rings is 3. The van der Waals surface area contributed by atoms with Crippen molar-refractivity contribution in [3.8, 4) is 5.75 Å². The smallest absolute Gasteiger partial charge is 0.411 e. The summed E-state index contributed by atoms with van der Waals surface area (Å²) in [6.45, 7) is 13.8. The molecular weight excluding hydrogens is 659 g/mol. The molecule has 2 aromatic heterocycles. The largest absolute Gasteiger partial charge is 0.496 e. The van der Waals surface area contributed by atoms with E-state index >= 15 is 0 Å². The fraction of sp³-hybridized carbons (Fsp3) is 0.385. The highest BCUT2D eigenvalue weighted by Crippen LogP contribution is 2.37. The number of aromatic nitrogens is 4. The summed E-state index contributed by atoms with van der Waals surface area (Å²) < 4.78 is 14.8. The van der Waals surface area contributed by atoms with Gasteiger partial charge in [-0.1, -0.05) is 107 Å². The number of methoxy groups -OCH3 is 1. The minimum Gasteiger partial charge on any atom is -0.496 e. The van der Waals surface area contributed by atoms with Gasteiger partial charge in [0.25, 0.3) is 8.32 Å². The molecule has 0 fully saturated rings. The number of hydrogen-bond acceptors (Lipinski definition) is 8. The van der Waals surface area contributed by atoms with E-state index < -0.39 is 19.9 Å². The fourth-order valence-electron chi connectivity index (χ4n) is 6.75. The maximum absolute atomic E-state index is 11.6. The first-order chi connectivity index (χ1) is 24.3. The maximum atomic E-state index is 11.6. The van der Waals surface area contributed by atoms with Crippen molar-refractivity contribution in [2.24, 2.45) is 5.73 Å². The molecule has 0 aliphatic carbocycles. The van der Waals surface area contributed by atoms with Crippen molar-refractivity contribution in [1.82, 2.24) is 19.7 Å². The SMILES string of the molecule is CCC[C@@H](CCO[Si](c1ccccc1)(c1ccccc1)C(C)(C)C)Nc1nc(NC(=O)O)nc2cnn(Cc3ccc(C(C)(C)N)cc3OC)c12. The average molecular weight is 710 g/mol.